The van der Waals surface area contributed by atoms with Crippen molar-refractivity contribution >= 4 is 0 Å². The monoisotopic (exact) mass is 333 g/mol. The highest BCUT2D eigenvalue weighted by Crippen LogP contribution is 2.46. The first-order valence-electron chi connectivity index (χ1n) is 9.10. The molecule has 0 saturated carbocycles. The molecule has 0 radical (unpaired) electrons. The van der Waals surface area contributed by atoms with Crippen LogP contribution in [0.3, 0.4) is 0 Å². The van der Waals surface area contributed by atoms with E-state index in [0.29, 0.717) is 6.04 Å². The molecule has 24 heavy (non-hydrogen) atoms. The summed E-state index contributed by atoms with van der Waals surface area (Å²) in [7, 11) is 5.21. The van der Waals surface area contributed by atoms with Gasteiger partial charge < -0.3 is 14.2 Å². The Labute approximate surface area is 146 Å². The summed E-state index contributed by atoms with van der Waals surface area (Å²) >= 11 is 0. The summed E-state index contributed by atoms with van der Waals surface area (Å²) in [5, 5.41) is 0. The van der Waals surface area contributed by atoms with E-state index in [2.05, 4.69) is 30.9 Å². The van der Waals surface area contributed by atoms with Gasteiger partial charge in [-0.25, -0.2) is 0 Å². The van der Waals surface area contributed by atoms with Crippen molar-refractivity contribution in [2.45, 2.75) is 45.3 Å². The number of hydrogen-bond donors (Lipinski definition) is 0. The minimum atomic E-state index is 0.105. The van der Waals surface area contributed by atoms with Crippen LogP contribution in [0.1, 0.15) is 56.4 Å². The van der Waals surface area contributed by atoms with E-state index in [1.165, 1.54) is 36.9 Å². The minimum absolute atomic E-state index is 0.105. The molecule has 2 heterocycles. The zero-order chi connectivity index (χ0) is 17.3. The molecule has 3 rings (SSSR count). The number of methoxy groups -OCH3 is 3. The van der Waals surface area contributed by atoms with Crippen LogP contribution in [0.5, 0.6) is 11.5 Å². The predicted molar refractivity (Wildman–Crippen MR) is 95.8 cm³/mol. The van der Waals surface area contributed by atoms with Crippen LogP contribution in [0.4, 0.5) is 0 Å². The molecule has 0 aliphatic carbocycles. The van der Waals surface area contributed by atoms with Crippen molar-refractivity contribution in [2.75, 3.05) is 34.4 Å². The molecule has 1 saturated heterocycles. The molecule has 0 spiro atoms. The Morgan fingerprint density at radius 2 is 1.67 bits per heavy atom. The highest BCUT2D eigenvalue weighted by atomic mass is 16.5. The molecule has 4 heteroatoms. The fraction of sp³-hybridized carbons (Fsp3) is 0.700. The summed E-state index contributed by atoms with van der Waals surface area (Å²) in [5.41, 5.74) is 2.62. The summed E-state index contributed by atoms with van der Waals surface area (Å²) in [6.45, 7) is 6.80. The van der Waals surface area contributed by atoms with E-state index in [1.807, 2.05) is 0 Å². The third kappa shape index (κ3) is 3.27. The Morgan fingerprint density at radius 1 is 1.00 bits per heavy atom. The number of nitrogens with zero attached hydrogens (tertiary/aromatic N) is 1. The molecule has 0 amide bonds. The summed E-state index contributed by atoms with van der Waals surface area (Å²) in [4.78, 5) is 2.62. The zero-order valence-corrected chi connectivity index (χ0v) is 15.7. The van der Waals surface area contributed by atoms with Crippen molar-refractivity contribution in [1.82, 2.24) is 4.90 Å². The van der Waals surface area contributed by atoms with Crippen LogP contribution in [-0.2, 0) is 4.74 Å². The van der Waals surface area contributed by atoms with Gasteiger partial charge in [-0.15, -0.1) is 0 Å². The van der Waals surface area contributed by atoms with E-state index < -0.39 is 0 Å². The highest BCUT2D eigenvalue weighted by molar-refractivity contribution is 5.50. The van der Waals surface area contributed by atoms with E-state index in [0.717, 1.165) is 29.9 Å². The number of piperidine rings is 1. The fourth-order valence-electron chi connectivity index (χ4n) is 4.53. The first-order valence-corrected chi connectivity index (χ1v) is 9.10. The van der Waals surface area contributed by atoms with Crippen molar-refractivity contribution in [3.63, 3.8) is 0 Å². The average Bonchev–Trinajstić information content (AvgIpc) is 2.58. The molecule has 2 aliphatic rings. The van der Waals surface area contributed by atoms with Crippen LogP contribution in [-0.4, -0.2) is 39.3 Å². The van der Waals surface area contributed by atoms with E-state index in [1.54, 1.807) is 21.3 Å². The molecule has 1 aromatic carbocycles. The number of fused-ring (bicyclic) bond motifs is 3. The van der Waals surface area contributed by atoms with Crippen molar-refractivity contribution < 1.29 is 14.2 Å². The van der Waals surface area contributed by atoms with Crippen LogP contribution in [0, 0.1) is 11.8 Å². The molecule has 0 bridgehead atoms. The van der Waals surface area contributed by atoms with Gasteiger partial charge in [0.25, 0.3) is 0 Å². The molecule has 3 atom stereocenters. The average molecular weight is 333 g/mol. The number of hydrogen-bond acceptors (Lipinski definition) is 4. The van der Waals surface area contributed by atoms with Crippen molar-refractivity contribution in [2.24, 2.45) is 11.8 Å². The Hall–Kier alpha value is -1.26. The minimum Gasteiger partial charge on any atom is -0.493 e. The summed E-state index contributed by atoms with van der Waals surface area (Å²) in [5.74, 6) is 3.18. The van der Waals surface area contributed by atoms with Crippen LogP contribution >= 0.6 is 0 Å². The lowest BCUT2D eigenvalue weighted by atomic mass is 9.80. The fourth-order valence-corrected chi connectivity index (χ4v) is 4.53. The van der Waals surface area contributed by atoms with Gasteiger partial charge in [0, 0.05) is 26.2 Å². The molecular formula is C20H31NO3. The largest absolute Gasteiger partial charge is 0.493 e. The Kier molecular flexibility index (Phi) is 5.36. The molecule has 1 aromatic rings. The van der Waals surface area contributed by atoms with Gasteiger partial charge >= 0.3 is 0 Å². The molecule has 134 valence electrons. The normalized spacial score (nSPS) is 26.8. The van der Waals surface area contributed by atoms with Gasteiger partial charge in [0.2, 0.25) is 0 Å². The molecular weight excluding hydrogens is 302 g/mol. The lowest BCUT2D eigenvalue weighted by Gasteiger charge is -2.46. The van der Waals surface area contributed by atoms with Gasteiger partial charge in [0.15, 0.2) is 11.5 Å². The van der Waals surface area contributed by atoms with Gasteiger partial charge in [0.05, 0.1) is 20.3 Å². The van der Waals surface area contributed by atoms with Crippen molar-refractivity contribution in [3.8, 4) is 11.5 Å². The molecule has 1 fully saturated rings. The molecule has 0 aromatic heterocycles. The zero-order valence-electron chi connectivity index (χ0n) is 15.7. The Bertz CT molecular complexity index is 572. The third-order valence-corrected chi connectivity index (χ3v) is 5.57. The second kappa shape index (κ2) is 7.32. The second-order valence-corrected chi connectivity index (χ2v) is 7.60. The van der Waals surface area contributed by atoms with E-state index in [-0.39, 0.29) is 6.10 Å². The summed E-state index contributed by atoms with van der Waals surface area (Å²) in [6, 6.07) is 4.76. The van der Waals surface area contributed by atoms with Crippen molar-refractivity contribution in [3.05, 3.63) is 23.3 Å². The third-order valence-electron chi connectivity index (χ3n) is 5.57. The lowest BCUT2D eigenvalue weighted by Crippen LogP contribution is -2.44. The molecule has 0 N–H and O–H groups in total. The maximum absolute atomic E-state index is 5.82. The SMILES string of the molecule is COc1cc2c(cc1OC)C1CCC(CC(C)C)CN1CC2OC. The van der Waals surface area contributed by atoms with Gasteiger partial charge in [-0.1, -0.05) is 13.8 Å². The number of ether oxygens (including phenoxy) is 3. The summed E-state index contributed by atoms with van der Waals surface area (Å²) < 4.78 is 16.9. The maximum atomic E-state index is 5.82. The summed E-state index contributed by atoms with van der Waals surface area (Å²) in [6.07, 6.45) is 3.95. The van der Waals surface area contributed by atoms with Gasteiger partial charge in [0.1, 0.15) is 0 Å². The maximum Gasteiger partial charge on any atom is 0.161 e. The van der Waals surface area contributed by atoms with Crippen LogP contribution in [0.25, 0.3) is 0 Å². The van der Waals surface area contributed by atoms with E-state index in [9.17, 15) is 0 Å². The van der Waals surface area contributed by atoms with Gasteiger partial charge in [-0.05, 0) is 54.4 Å². The van der Waals surface area contributed by atoms with E-state index in [4.69, 9.17) is 14.2 Å². The first-order chi connectivity index (χ1) is 11.6. The molecule has 4 nitrogen and oxygen atoms in total. The highest BCUT2D eigenvalue weighted by Gasteiger charge is 2.38. The smallest absolute Gasteiger partial charge is 0.161 e. The van der Waals surface area contributed by atoms with E-state index >= 15 is 0 Å². The Morgan fingerprint density at radius 3 is 2.25 bits per heavy atom. The Balaban J connectivity index is 1.92. The van der Waals surface area contributed by atoms with Gasteiger partial charge in [-0.3, -0.25) is 4.90 Å². The quantitative estimate of drug-likeness (QED) is 0.808. The number of benzene rings is 1. The predicted octanol–water partition coefficient (Wildman–Crippen LogP) is 4.20. The first kappa shape index (κ1) is 17.6. The molecule has 2 aliphatic heterocycles. The van der Waals surface area contributed by atoms with Crippen LogP contribution < -0.4 is 9.47 Å². The lowest BCUT2D eigenvalue weighted by molar-refractivity contribution is 0.00189. The second-order valence-electron chi connectivity index (χ2n) is 7.60. The van der Waals surface area contributed by atoms with Crippen molar-refractivity contribution in [1.29, 1.82) is 0 Å². The standard InChI is InChI=1S/C20H31NO3/c1-13(2)8-14-6-7-17-15-9-18(22-3)19(23-4)10-16(15)20(24-5)12-21(17)11-14/h9-10,13-14,17,20H,6-8,11-12H2,1-5H3. The number of rotatable bonds is 5. The van der Waals surface area contributed by atoms with Gasteiger partial charge in [-0.2, -0.15) is 0 Å². The van der Waals surface area contributed by atoms with Crippen LogP contribution in [0.2, 0.25) is 0 Å². The topological polar surface area (TPSA) is 30.9 Å². The molecule has 3 unspecified atom stereocenters. The van der Waals surface area contributed by atoms with Crippen LogP contribution in [0.15, 0.2) is 12.1 Å².